The number of carbonyl (C=O) groups is 1. The van der Waals surface area contributed by atoms with Crippen molar-refractivity contribution in [1.82, 2.24) is 10.3 Å². The molecule has 1 aromatic heterocycles. The summed E-state index contributed by atoms with van der Waals surface area (Å²) in [7, 11) is 1.62. The molecule has 0 aliphatic rings. The van der Waals surface area contributed by atoms with Crippen molar-refractivity contribution >= 4 is 17.2 Å². The van der Waals surface area contributed by atoms with E-state index in [1.807, 2.05) is 61.5 Å². The highest BCUT2D eigenvalue weighted by Gasteiger charge is 2.12. The largest absolute Gasteiger partial charge is 0.497 e. The molecular weight excluding hydrogens is 360 g/mol. The number of rotatable bonds is 8. The minimum Gasteiger partial charge on any atom is -0.497 e. The zero-order valence-electron chi connectivity index (χ0n) is 15.4. The summed E-state index contributed by atoms with van der Waals surface area (Å²) in [5.41, 5.74) is 1.98. The fraction of sp³-hybridized carbons (Fsp3) is 0.238. The van der Waals surface area contributed by atoms with E-state index in [0.29, 0.717) is 19.6 Å². The van der Waals surface area contributed by atoms with Crippen molar-refractivity contribution < 1.29 is 14.3 Å². The highest BCUT2D eigenvalue weighted by molar-refractivity contribution is 7.15. The van der Waals surface area contributed by atoms with Gasteiger partial charge in [-0.15, -0.1) is 11.3 Å². The summed E-state index contributed by atoms with van der Waals surface area (Å²) in [4.78, 5) is 17.8. The van der Waals surface area contributed by atoms with Crippen molar-refractivity contribution in [3.05, 3.63) is 65.2 Å². The van der Waals surface area contributed by atoms with E-state index in [9.17, 15) is 4.79 Å². The molecule has 3 aromatic rings. The minimum absolute atomic E-state index is 0.0281. The van der Waals surface area contributed by atoms with Crippen LogP contribution in [-0.4, -0.2) is 31.2 Å². The summed E-state index contributed by atoms with van der Waals surface area (Å²) >= 11 is 1.57. The summed E-state index contributed by atoms with van der Waals surface area (Å²) in [5.74, 6) is 1.50. The van der Waals surface area contributed by atoms with E-state index < -0.39 is 0 Å². The Kier molecular flexibility index (Phi) is 6.44. The van der Waals surface area contributed by atoms with Crippen LogP contribution in [0.3, 0.4) is 0 Å². The van der Waals surface area contributed by atoms with Crippen LogP contribution in [0.2, 0.25) is 0 Å². The van der Waals surface area contributed by atoms with Crippen molar-refractivity contribution in [1.29, 1.82) is 0 Å². The van der Waals surface area contributed by atoms with E-state index in [2.05, 4.69) is 10.3 Å². The minimum atomic E-state index is -0.0281. The Morgan fingerprint density at radius 2 is 1.78 bits per heavy atom. The van der Waals surface area contributed by atoms with E-state index in [1.165, 1.54) is 0 Å². The van der Waals surface area contributed by atoms with Gasteiger partial charge in [0, 0.05) is 10.4 Å². The Bertz CT molecular complexity index is 876. The summed E-state index contributed by atoms with van der Waals surface area (Å²) in [6, 6.07) is 17.4. The maximum Gasteiger partial charge on any atom is 0.225 e. The van der Waals surface area contributed by atoms with Crippen LogP contribution in [0.15, 0.2) is 54.6 Å². The Hall–Kier alpha value is -2.86. The molecule has 6 heteroatoms. The Morgan fingerprint density at radius 3 is 2.48 bits per heavy atom. The highest BCUT2D eigenvalue weighted by atomic mass is 32.1. The predicted octanol–water partition coefficient (Wildman–Crippen LogP) is 3.86. The second-order valence-electron chi connectivity index (χ2n) is 5.94. The number of aromatic nitrogens is 1. The van der Waals surface area contributed by atoms with Crippen LogP contribution >= 0.6 is 11.3 Å². The molecular formula is C21H22N2O3S. The second-order valence-corrected chi connectivity index (χ2v) is 7.03. The molecule has 27 heavy (non-hydrogen) atoms. The van der Waals surface area contributed by atoms with Gasteiger partial charge in [0.15, 0.2) is 0 Å². The zero-order valence-corrected chi connectivity index (χ0v) is 16.2. The van der Waals surface area contributed by atoms with E-state index in [0.717, 1.165) is 32.6 Å². The first kappa shape index (κ1) is 18.9. The van der Waals surface area contributed by atoms with Gasteiger partial charge in [-0.3, -0.25) is 4.79 Å². The van der Waals surface area contributed by atoms with Crippen LogP contribution in [0.25, 0.3) is 10.6 Å². The number of carbonyl (C=O) groups excluding carboxylic acids is 1. The van der Waals surface area contributed by atoms with E-state index in [1.54, 1.807) is 18.4 Å². The second kappa shape index (κ2) is 9.19. The Balaban J connectivity index is 1.46. The molecule has 5 nitrogen and oxygen atoms in total. The molecule has 0 saturated heterocycles. The summed E-state index contributed by atoms with van der Waals surface area (Å²) in [5, 5.41) is 3.83. The molecule has 0 aliphatic heterocycles. The molecule has 0 saturated carbocycles. The van der Waals surface area contributed by atoms with Crippen LogP contribution in [0.1, 0.15) is 10.6 Å². The van der Waals surface area contributed by atoms with Gasteiger partial charge in [0.1, 0.15) is 23.1 Å². The number of thiazole rings is 1. The van der Waals surface area contributed by atoms with Gasteiger partial charge in [-0.2, -0.15) is 0 Å². The standard InChI is InChI=1S/C21H22N2O3S/c1-15-19(27-21(23-15)16-6-4-3-5-7-16)14-20(24)22-12-13-26-18-10-8-17(25-2)9-11-18/h3-11H,12-14H2,1-2H3,(H,22,24). The first-order valence-corrected chi connectivity index (χ1v) is 9.52. The molecule has 0 bridgehead atoms. The topological polar surface area (TPSA) is 60.5 Å². The maximum absolute atomic E-state index is 12.2. The average Bonchev–Trinajstić information content (AvgIpc) is 3.07. The van der Waals surface area contributed by atoms with Gasteiger partial charge >= 0.3 is 0 Å². The van der Waals surface area contributed by atoms with Crippen molar-refractivity contribution in [2.45, 2.75) is 13.3 Å². The van der Waals surface area contributed by atoms with Crippen LogP contribution in [-0.2, 0) is 11.2 Å². The van der Waals surface area contributed by atoms with Crippen LogP contribution < -0.4 is 14.8 Å². The van der Waals surface area contributed by atoms with E-state index in [4.69, 9.17) is 9.47 Å². The Labute approximate surface area is 163 Å². The third kappa shape index (κ3) is 5.31. The monoisotopic (exact) mass is 382 g/mol. The number of hydrogen-bond acceptors (Lipinski definition) is 5. The zero-order chi connectivity index (χ0) is 19.1. The van der Waals surface area contributed by atoms with Gasteiger partial charge in [0.05, 0.1) is 25.8 Å². The third-order valence-electron chi connectivity index (χ3n) is 3.99. The molecule has 140 valence electrons. The highest BCUT2D eigenvalue weighted by Crippen LogP contribution is 2.28. The summed E-state index contributed by atoms with van der Waals surface area (Å²) in [6.45, 7) is 2.81. The van der Waals surface area contributed by atoms with Crippen LogP contribution in [0.4, 0.5) is 0 Å². The fourth-order valence-corrected chi connectivity index (χ4v) is 3.60. The summed E-state index contributed by atoms with van der Waals surface area (Å²) < 4.78 is 10.7. The number of aryl methyl sites for hydroxylation is 1. The number of ether oxygens (including phenoxy) is 2. The number of hydrogen-bond donors (Lipinski definition) is 1. The van der Waals surface area contributed by atoms with Crippen molar-refractivity contribution in [2.75, 3.05) is 20.3 Å². The van der Waals surface area contributed by atoms with Gasteiger partial charge in [0.2, 0.25) is 5.91 Å². The smallest absolute Gasteiger partial charge is 0.225 e. The number of methoxy groups -OCH3 is 1. The van der Waals surface area contributed by atoms with Crippen molar-refractivity contribution in [3.8, 4) is 22.1 Å². The molecule has 0 spiro atoms. The fourth-order valence-electron chi connectivity index (χ4n) is 2.54. The maximum atomic E-state index is 12.2. The predicted molar refractivity (Wildman–Crippen MR) is 107 cm³/mol. The molecule has 1 heterocycles. The van der Waals surface area contributed by atoms with Gasteiger partial charge in [-0.25, -0.2) is 4.98 Å². The number of nitrogens with zero attached hydrogens (tertiary/aromatic N) is 1. The first-order valence-electron chi connectivity index (χ1n) is 8.71. The lowest BCUT2D eigenvalue weighted by Crippen LogP contribution is -2.29. The van der Waals surface area contributed by atoms with Gasteiger partial charge in [0.25, 0.3) is 0 Å². The molecule has 3 rings (SSSR count). The van der Waals surface area contributed by atoms with E-state index in [-0.39, 0.29) is 5.91 Å². The van der Waals surface area contributed by atoms with Crippen LogP contribution in [0, 0.1) is 6.92 Å². The molecule has 2 aromatic carbocycles. The lowest BCUT2D eigenvalue weighted by atomic mass is 10.2. The molecule has 0 unspecified atom stereocenters. The molecule has 0 radical (unpaired) electrons. The molecule has 1 N–H and O–H groups in total. The van der Waals surface area contributed by atoms with Gasteiger partial charge in [-0.05, 0) is 31.2 Å². The molecule has 1 amide bonds. The van der Waals surface area contributed by atoms with Gasteiger partial charge in [-0.1, -0.05) is 30.3 Å². The third-order valence-corrected chi connectivity index (χ3v) is 5.19. The van der Waals surface area contributed by atoms with Crippen LogP contribution in [0.5, 0.6) is 11.5 Å². The normalized spacial score (nSPS) is 10.4. The SMILES string of the molecule is COc1ccc(OCCNC(=O)Cc2sc(-c3ccccc3)nc2C)cc1. The van der Waals surface area contributed by atoms with Crippen molar-refractivity contribution in [2.24, 2.45) is 0 Å². The lowest BCUT2D eigenvalue weighted by Gasteiger charge is -2.08. The number of nitrogens with one attached hydrogen (secondary N) is 1. The number of benzene rings is 2. The lowest BCUT2D eigenvalue weighted by molar-refractivity contribution is -0.120. The molecule has 0 fully saturated rings. The van der Waals surface area contributed by atoms with E-state index >= 15 is 0 Å². The Morgan fingerprint density at radius 1 is 1.07 bits per heavy atom. The first-order chi connectivity index (χ1) is 13.2. The molecule has 0 atom stereocenters. The quantitative estimate of drug-likeness (QED) is 0.601. The summed E-state index contributed by atoms with van der Waals surface area (Å²) in [6.07, 6.45) is 0.332. The molecule has 0 aliphatic carbocycles. The van der Waals surface area contributed by atoms with Crippen molar-refractivity contribution in [3.63, 3.8) is 0 Å². The number of amides is 1. The average molecular weight is 382 g/mol. The van der Waals surface area contributed by atoms with Gasteiger partial charge < -0.3 is 14.8 Å².